The summed E-state index contributed by atoms with van der Waals surface area (Å²) in [5.74, 6) is 1.87. The first-order valence-electron chi connectivity index (χ1n) is 11.4. The Labute approximate surface area is 213 Å². The van der Waals surface area contributed by atoms with Crippen molar-refractivity contribution >= 4 is 27.5 Å². The summed E-state index contributed by atoms with van der Waals surface area (Å²) >= 11 is 3.79. The van der Waals surface area contributed by atoms with Crippen LogP contribution in [0.1, 0.15) is 53.9 Å². The molecule has 0 spiro atoms. The molecule has 3 aromatic rings. The highest BCUT2D eigenvalue weighted by Gasteiger charge is 2.32. The molecule has 7 nitrogen and oxygen atoms in total. The molecule has 0 aliphatic heterocycles. The monoisotopic (exact) mass is 543 g/mol. The maximum atomic E-state index is 13.0. The molecule has 0 fully saturated rings. The van der Waals surface area contributed by atoms with Crippen LogP contribution in [0.15, 0.2) is 39.2 Å². The Bertz CT molecular complexity index is 1240. The molecule has 0 unspecified atom stereocenters. The van der Waals surface area contributed by atoms with Gasteiger partial charge >= 0.3 is 0 Å². The van der Waals surface area contributed by atoms with Crippen LogP contribution in [0, 0.1) is 6.92 Å². The maximum absolute atomic E-state index is 13.0. The van der Waals surface area contributed by atoms with E-state index in [-0.39, 0.29) is 17.1 Å². The smallest absolute Gasteiger partial charge is 0.291 e. The van der Waals surface area contributed by atoms with Gasteiger partial charge in [-0.15, -0.1) is 0 Å². The van der Waals surface area contributed by atoms with Crippen molar-refractivity contribution in [3.8, 4) is 28.9 Å². The van der Waals surface area contributed by atoms with Crippen LogP contribution >= 0.6 is 15.9 Å². The third-order valence-corrected chi connectivity index (χ3v) is 7.13. The molecule has 186 valence electrons. The largest absolute Gasteiger partial charge is 0.496 e. The van der Waals surface area contributed by atoms with E-state index in [4.69, 9.17) is 23.4 Å². The van der Waals surface area contributed by atoms with Gasteiger partial charge in [0.05, 0.1) is 25.8 Å². The van der Waals surface area contributed by atoms with E-state index < -0.39 is 5.91 Å². The summed E-state index contributed by atoms with van der Waals surface area (Å²) in [5, 5.41) is 2.80. The molecular weight excluding hydrogens is 514 g/mol. The Balaban J connectivity index is 1.59. The van der Waals surface area contributed by atoms with E-state index in [9.17, 15) is 4.79 Å². The number of ether oxygens (including phenoxy) is 4. The van der Waals surface area contributed by atoms with E-state index in [0.717, 1.165) is 22.9 Å². The topological polar surface area (TPSA) is 79.2 Å². The summed E-state index contributed by atoms with van der Waals surface area (Å²) in [4.78, 5) is 13.0. The quantitative estimate of drug-likeness (QED) is 0.344. The van der Waals surface area contributed by atoms with Gasteiger partial charge in [-0.25, -0.2) is 0 Å². The molecule has 1 heterocycles. The number of nitrogens with one attached hydrogen (secondary N) is 1. The lowest BCUT2D eigenvalue weighted by atomic mass is 9.72. The van der Waals surface area contributed by atoms with E-state index in [0.29, 0.717) is 28.7 Å². The summed E-state index contributed by atoms with van der Waals surface area (Å²) in [6, 6.07) is 8.71. The number of halogens is 1. The summed E-state index contributed by atoms with van der Waals surface area (Å²) < 4.78 is 28.9. The number of fused-ring (bicyclic) bond motifs is 1. The van der Waals surface area contributed by atoms with Crippen LogP contribution in [-0.4, -0.2) is 27.2 Å². The zero-order valence-electron chi connectivity index (χ0n) is 20.8. The summed E-state index contributed by atoms with van der Waals surface area (Å²) in [6.07, 6.45) is 3.35. The van der Waals surface area contributed by atoms with Gasteiger partial charge in [-0.1, -0.05) is 19.9 Å². The maximum Gasteiger partial charge on any atom is 0.291 e. The Morgan fingerprint density at radius 2 is 1.74 bits per heavy atom. The number of hydrogen-bond donors (Lipinski definition) is 1. The molecule has 1 amide bonds. The fourth-order valence-electron chi connectivity index (χ4n) is 4.63. The zero-order chi connectivity index (χ0) is 25.3. The molecule has 4 rings (SSSR count). The summed E-state index contributed by atoms with van der Waals surface area (Å²) in [5.41, 5.74) is 4.04. The van der Waals surface area contributed by atoms with Crippen molar-refractivity contribution in [1.29, 1.82) is 0 Å². The summed E-state index contributed by atoms with van der Waals surface area (Å²) in [6.45, 7) is 6.53. The van der Waals surface area contributed by atoms with Crippen LogP contribution < -0.4 is 24.3 Å². The average Bonchev–Trinajstić information content (AvgIpc) is 3.30. The molecule has 0 saturated heterocycles. The Hall–Kier alpha value is -3.13. The number of rotatable bonds is 7. The van der Waals surface area contributed by atoms with Gasteiger partial charge in [-0.05, 0) is 70.3 Å². The van der Waals surface area contributed by atoms with E-state index in [1.807, 2.05) is 6.92 Å². The highest BCUT2D eigenvalue weighted by molar-refractivity contribution is 9.10. The van der Waals surface area contributed by atoms with Gasteiger partial charge in [0.25, 0.3) is 11.9 Å². The molecule has 2 aromatic carbocycles. The van der Waals surface area contributed by atoms with E-state index in [1.54, 1.807) is 31.4 Å². The average molecular weight is 544 g/mol. The van der Waals surface area contributed by atoms with E-state index in [2.05, 4.69) is 41.2 Å². The normalized spacial score (nSPS) is 14.1. The Morgan fingerprint density at radius 3 is 2.37 bits per heavy atom. The molecule has 1 aliphatic rings. The molecule has 8 heteroatoms. The van der Waals surface area contributed by atoms with Crippen LogP contribution in [0.4, 0.5) is 5.69 Å². The van der Waals surface area contributed by atoms with Gasteiger partial charge in [0.2, 0.25) is 0 Å². The number of amides is 1. The van der Waals surface area contributed by atoms with Crippen molar-refractivity contribution < 1.29 is 28.2 Å². The van der Waals surface area contributed by atoms with Crippen LogP contribution in [0.5, 0.6) is 28.9 Å². The second-order valence-corrected chi connectivity index (χ2v) is 9.98. The fourth-order valence-corrected chi connectivity index (χ4v) is 5.81. The van der Waals surface area contributed by atoms with Crippen molar-refractivity contribution in [2.24, 2.45) is 0 Å². The molecule has 1 aliphatic carbocycles. The Kier molecular flexibility index (Phi) is 7.03. The summed E-state index contributed by atoms with van der Waals surface area (Å²) in [7, 11) is 4.55. The second kappa shape index (κ2) is 9.85. The number of aryl methyl sites for hydroxylation is 2. The molecule has 1 N–H and O–H groups in total. The predicted octanol–water partition coefficient (Wildman–Crippen LogP) is 7.03. The fraction of sp³-hybridized carbons (Fsp3) is 0.370. The molecular formula is C27H30BrNO6. The molecule has 0 atom stereocenters. The van der Waals surface area contributed by atoms with Gasteiger partial charge in [-0.3, -0.25) is 4.79 Å². The minimum Gasteiger partial charge on any atom is -0.496 e. The van der Waals surface area contributed by atoms with Crippen molar-refractivity contribution in [3.05, 3.63) is 57.3 Å². The Morgan fingerprint density at radius 1 is 1.06 bits per heavy atom. The van der Waals surface area contributed by atoms with Gasteiger partial charge in [0, 0.05) is 18.2 Å². The lowest BCUT2D eigenvalue weighted by Gasteiger charge is -2.34. The van der Waals surface area contributed by atoms with E-state index >= 15 is 0 Å². The van der Waals surface area contributed by atoms with Crippen molar-refractivity contribution in [1.82, 2.24) is 0 Å². The lowest BCUT2D eigenvalue weighted by Crippen LogP contribution is -2.24. The van der Waals surface area contributed by atoms with Crippen LogP contribution in [0.25, 0.3) is 0 Å². The van der Waals surface area contributed by atoms with Gasteiger partial charge in [0.1, 0.15) is 28.7 Å². The number of furan rings is 1. The predicted molar refractivity (Wildman–Crippen MR) is 138 cm³/mol. The van der Waals surface area contributed by atoms with Crippen LogP contribution in [0.2, 0.25) is 0 Å². The number of anilines is 1. The van der Waals surface area contributed by atoms with E-state index in [1.165, 1.54) is 31.8 Å². The van der Waals surface area contributed by atoms with Gasteiger partial charge in [-0.2, -0.15) is 0 Å². The lowest BCUT2D eigenvalue weighted by molar-refractivity contribution is 0.0991. The minimum atomic E-state index is -0.469. The van der Waals surface area contributed by atoms with Gasteiger partial charge in [0.15, 0.2) is 5.76 Å². The van der Waals surface area contributed by atoms with Crippen molar-refractivity contribution in [2.45, 2.75) is 45.4 Å². The first-order chi connectivity index (χ1) is 16.7. The van der Waals surface area contributed by atoms with Crippen molar-refractivity contribution in [2.75, 3.05) is 26.6 Å². The number of hydrogen-bond acceptors (Lipinski definition) is 6. The number of benzene rings is 2. The number of carbonyl (C=O) groups excluding carboxylic acids is 1. The molecule has 0 bridgehead atoms. The number of carbonyl (C=O) groups is 1. The first kappa shape index (κ1) is 25.0. The van der Waals surface area contributed by atoms with Crippen molar-refractivity contribution in [3.63, 3.8) is 0 Å². The first-order valence-corrected chi connectivity index (χ1v) is 12.2. The molecule has 0 radical (unpaired) electrons. The highest BCUT2D eigenvalue weighted by atomic mass is 79.9. The third kappa shape index (κ3) is 4.85. The molecule has 35 heavy (non-hydrogen) atoms. The molecule has 1 aromatic heterocycles. The zero-order valence-corrected chi connectivity index (χ0v) is 22.4. The highest BCUT2D eigenvalue weighted by Crippen LogP contribution is 2.47. The molecule has 0 saturated carbocycles. The SMILES string of the molecule is COc1cc(OC)c(NC(=O)c2ccc(Oc3c(C)cc4c(c3Br)C(C)(C)CCC4)o2)c(OC)c1. The van der Waals surface area contributed by atoms with Gasteiger partial charge < -0.3 is 28.7 Å². The third-order valence-electron chi connectivity index (χ3n) is 6.37. The number of methoxy groups -OCH3 is 3. The van der Waals surface area contributed by atoms with Crippen LogP contribution in [0.3, 0.4) is 0 Å². The minimum absolute atomic E-state index is 0.0446. The van der Waals surface area contributed by atoms with Crippen LogP contribution in [-0.2, 0) is 11.8 Å². The standard InChI is InChI=1S/C27H30BrNO6/c1-15-12-16-8-7-11-27(2,3)22(16)23(28)25(15)35-21-10-9-18(34-21)26(30)29-24-19(32-5)13-17(31-4)14-20(24)33-6/h9-10,12-14H,7-8,11H2,1-6H3,(H,29,30). The second-order valence-electron chi connectivity index (χ2n) is 9.19.